The van der Waals surface area contributed by atoms with Crippen molar-refractivity contribution in [2.24, 2.45) is 0 Å². The lowest BCUT2D eigenvalue weighted by molar-refractivity contribution is 1.11. The lowest BCUT2D eigenvalue weighted by Gasteiger charge is -1.85. The van der Waals surface area contributed by atoms with Gasteiger partial charge in [0.2, 0.25) is 5.78 Å². The molecule has 3 aromatic heterocycles. The first-order chi connectivity index (χ1) is 8.90. The summed E-state index contributed by atoms with van der Waals surface area (Å²) in [6.45, 7) is 0. The minimum Gasteiger partial charge on any atom is -0.290 e. The molecule has 86 valence electrons. The number of fused-ring (bicyclic) bond motifs is 2. The highest BCUT2D eigenvalue weighted by Crippen LogP contribution is 2.32. The van der Waals surface area contributed by atoms with Crippen LogP contribution in [0.2, 0.25) is 0 Å². The molecule has 0 radical (unpaired) electrons. The van der Waals surface area contributed by atoms with Gasteiger partial charge in [0.25, 0.3) is 0 Å². The summed E-state index contributed by atoms with van der Waals surface area (Å²) in [4.78, 5) is 9.96. The Morgan fingerprint density at radius 3 is 2.94 bits per heavy atom. The minimum absolute atomic E-state index is 0.741. The van der Waals surface area contributed by atoms with Gasteiger partial charge in [0.1, 0.15) is 5.69 Å². The Morgan fingerprint density at radius 2 is 2.06 bits per heavy atom. The van der Waals surface area contributed by atoms with E-state index in [2.05, 4.69) is 40.3 Å². The molecule has 0 fully saturated rings. The monoisotopic (exact) mass is 251 g/mol. The molecule has 0 unspecified atom stereocenters. The zero-order chi connectivity index (χ0) is 11.9. The van der Waals surface area contributed by atoms with Crippen molar-refractivity contribution in [3.8, 4) is 10.6 Å². The maximum Gasteiger partial charge on any atom is 0.234 e. The van der Waals surface area contributed by atoms with Crippen LogP contribution in [0.1, 0.15) is 0 Å². The fourth-order valence-corrected chi connectivity index (χ4v) is 3.07. The molecule has 0 bridgehead atoms. The predicted octanol–water partition coefficient (Wildman–Crippen LogP) is 3.61. The molecule has 0 amide bonds. The zero-order valence-corrected chi connectivity index (χ0v) is 10.3. The minimum atomic E-state index is 0.741. The van der Waals surface area contributed by atoms with E-state index in [-0.39, 0.29) is 0 Å². The molecule has 3 nitrogen and oxygen atoms in total. The van der Waals surface area contributed by atoms with Crippen LogP contribution in [-0.2, 0) is 0 Å². The number of hydrogen-bond donors (Lipinski definition) is 0. The van der Waals surface area contributed by atoms with Crippen LogP contribution in [0.15, 0.2) is 55.0 Å². The standard InChI is InChI=1S/C14H9N3S/c1-2-5-12-10(4-1)8-13(18-12)11-9-17-7-3-6-15-14(17)16-11/h1-9H. The summed E-state index contributed by atoms with van der Waals surface area (Å²) >= 11 is 1.76. The third-order valence-corrected chi connectivity index (χ3v) is 4.05. The van der Waals surface area contributed by atoms with Gasteiger partial charge in [0.15, 0.2) is 0 Å². The molecule has 0 aliphatic carbocycles. The van der Waals surface area contributed by atoms with Crippen molar-refractivity contribution in [2.45, 2.75) is 0 Å². The SMILES string of the molecule is c1ccc2sc(-c3cn4cccnc4n3)cc2c1. The van der Waals surface area contributed by atoms with Crippen molar-refractivity contribution in [1.29, 1.82) is 0 Å². The summed E-state index contributed by atoms with van der Waals surface area (Å²) in [6.07, 6.45) is 5.75. The summed E-state index contributed by atoms with van der Waals surface area (Å²) in [5.74, 6) is 0.741. The second-order valence-electron chi connectivity index (χ2n) is 4.10. The summed E-state index contributed by atoms with van der Waals surface area (Å²) in [5.41, 5.74) is 0.981. The van der Waals surface area contributed by atoms with E-state index in [1.165, 1.54) is 15.0 Å². The van der Waals surface area contributed by atoms with E-state index in [4.69, 9.17) is 0 Å². The van der Waals surface area contributed by atoms with Gasteiger partial charge in [-0.3, -0.25) is 4.40 Å². The normalized spacial score (nSPS) is 11.3. The Balaban J connectivity index is 1.95. The van der Waals surface area contributed by atoms with Crippen molar-refractivity contribution < 1.29 is 0 Å². The Bertz CT molecular complexity index is 706. The maximum absolute atomic E-state index is 4.54. The maximum atomic E-state index is 4.54. The summed E-state index contributed by atoms with van der Waals surface area (Å²) in [5, 5.41) is 1.27. The van der Waals surface area contributed by atoms with Crippen molar-refractivity contribution in [1.82, 2.24) is 14.4 Å². The number of hydrogen-bond acceptors (Lipinski definition) is 3. The molecule has 0 N–H and O–H groups in total. The molecule has 0 atom stereocenters. The Hall–Kier alpha value is -2.20. The summed E-state index contributed by atoms with van der Waals surface area (Å²) in [7, 11) is 0. The highest BCUT2D eigenvalue weighted by molar-refractivity contribution is 7.22. The highest BCUT2D eigenvalue weighted by atomic mass is 32.1. The molecule has 4 heteroatoms. The second-order valence-corrected chi connectivity index (χ2v) is 5.19. The Labute approximate surface area is 107 Å². The molecular weight excluding hydrogens is 242 g/mol. The lowest BCUT2D eigenvalue weighted by Crippen LogP contribution is -1.82. The van der Waals surface area contributed by atoms with E-state index in [1.54, 1.807) is 17.5 Å². The molecule has 1 aromatic carbocycles. The van der Waals surface area contributed by atoms with Crippen molar-refractivity contribution >= 4 is 27.2 Å². The average Bonchev–Trinajstić information content (AvgIpc) is 3.02. The van der Waals surface area contributed by atoms with Gasteiger partial charge in [0.05, 0.1) is 4.88 Å². The predicted molar refractivity (Wildman–Crippen MR) is 73.8 cm³/mol. The largest absolute Gasteiger partial charge is 0.290 e. The van der Waals surface area contributed by atoms with Crippen LogP contribution in [0.3, 0.4) is 0 Å². The summed E-state index contributed by atoms with van der Waals surface area (Å²) < 4.78 is 3.23. The Kier molecular flexibility index (Phi) is 1.98. The van der Waals surface area contributed by atoms with Crippen LogP contribution in [0.4, 0.5) is 0 Å². The number of thiophene rings is 1. The van der Waals surface area contributed by atoms with Crippen molar-refractivity contribution in [2.75, 3.05) is 0 Å². The zero-order valence-electron chi connectivity index (χ0n) is 9.45. The molecule has 18 heavy (non-hydrogen) atoms. The smallest absolute Gasteiger partial charge is 0.234 e. The van der Waals surface area contributed by atoms with E-state index in [1.807, 2.05) is 22.9 Å². The number of rotatable bonds is 1. The molecule has 4 aromatic rings. The van der Waals surface area contributed by atoms with E-state index in [0.29, 0.717) is 0 Å². The Morgan fingerprint density at radius 1 is 1.11 bits per heavy atom. The molecule has 0 saturated carbocycles. The number of imidazole rings is 1. The first kappa shape index (κ1) is 9.79. The fraction of sp³-hybridized carbons (Fsp3) is 0. The van der Waals surface area contributed by atoms with Crippen LogP contribution in [-0.4, -0.2) is 14.4 Å². The van der Waals surface area contributed by atoms with Gasteiger partial charge in [-0.2, -0.15) is 0 Å². The van der Waals surface area contributed by atoms with Gasteiger partial charge in [-0.1, -0.05) is 18.2 Å². The fourth-order valence-electron chi connectivity index (χ4n) is 2.06. The van der Waals surface area contributed by atoms with Crippen LogP contribution < -0.4 is 0 Å². The van der Waals surface area contributed by atoms with E-state index in [0.717, 1.165) is 11.5 Å². The number of aromatic nitrogens is 3. The van der Waals surface area contributed by atoms with Crippen LogP contribution in [0, 0.1) is 0 Å². The molecule has 3 heterocycles. The van der Waals surface area contributed by atoms with Crippen molar-refractivity contribution in [3.63, 3.8) is 0 Å². The topological polar surface area (TPSA) is 30.2 Å². The first-order valence-electron chi connectivity index (χ1n) is 5.69. The average molecular weight is 251 g/mol. The van der Waals surface area contributed by atoms with Crippen LogP contribution in [0.25, 0.3) is 26.4 Å². The number of nitrogens with zero attached hydrogens (tertiary/aromatic N) is 3. The molecule has 0 spiro atoms. The molecular formula is C14H9N3S. The number of benzene rings is 1. The summed E-state index contributed by atoms with van der Waals surface area (Å²) in [6, 6.07) is 12.5. The van der Waals surface area contributed by atoms with E-state index < -0.39 is 0 Å². The van der Waals surface area contributed by atoms with Gasteiger partial charge < -0.3 is 0 Å². The van der Waals surface area contributed by atoms with Gasteiger partial charge in [0, 0.05) is 23.3 Å². The van der Waals surface area contributed by atoms with Gasteiger partial charge in [-0.15, -0.1) is 11.3 Å². The van der Waals surface area contributed by atoms with E-state index in [9.17, 15) is 0 Å². The second kappa shape index (κ2) is 3.65. The van der Waals surface area contributed by atoms with Crippen LogP contribution in [0.5, 0.6) is 0 Å². The quantitative estimate of drug-likeness (QED) is 0.517. The van der Waals surface area contributed by atoms with Crippen LogP contribution >= 0.6 is 11.3 Å². The third kappa shape index (κ3) is 1.43. The lowest BCUT2D eigenvalue weighted by atomic mass is 10.2. The van der Waals surface area contributed by atoms with Gasteiger partial charge >= 0.3 is 0 Å². The van der Waals surface area contributed by atoms with Gasteiger partial charge in [-0.05, 0) is 23.6 Å². The third-order valence-electron chi connectivity index (χ3n) is 2.91. The molecule has 0 aliphatic heterocycles. The van der Waals surface area contributed by atoms with Crippen molar-refractivity contribution in [3.05, 3.63) is 55.0 Å². The molecule has 4 rings (SSSR count). The van der Waals surface area contributed by atoms with E-state index >= 15 is 0 Å². The van der Waals surface area contributed by atoms with Gasteiger partial charge in [-0.25, -0.2) is 9.97 Å². The first-order valence-corrected chi connectivity index (χ1v) is 6.50. The molecule has 0 aliphatic rings. The molecule has 0 saturated heterocycles. The highest BCUT2D eigenvalue weighted by Gasteiger charge is 2.08.